The molecule has 1 amide bonds. The summed E-state index contributed by atoms with van der Waals surface area (Å²) in [6.45, 7) is 6.50. The van der Waals surface area contributed by atoms with E-state index in [1.54, 1.807) is 30.3 Å². The van der Waals surface area contributed by atoms with E-state index in [2.05, 4.69) is 27.1 Å². The lowest BCUT2D eigenvalue weighted by Crippen LogP contribution is -2.35. The minimum Gasteiger partial charge on any atom is -0.417 e. The second-order valence-corrected chi connectivity index (χ2v) is 9.48. The molecule has 0 saturated heterocycles. The Morgan fingerprint density at radius 1 is 1.11 bits per heavy atom. The first kappa shape index (κ1) is 26.0. The number of hydrogen-bond donors (Lipinski definition) is 2. The maximum atomic E-state index is 13.7. The molecule has 37 heavy (non-hydrogen) atoms. The molecule has 192 valence electrons. The molecule has 0 aliphatic rings. The monoisotopic (exact) mass is 500 g/mol. The van der Waals surface area contributed by atoms with E-state index in [1.807, 2.05) is 49.4 Å². The van der Waals surface area contributed by atoms with Gasteiger partial charge >= 0.3 is 0 Å². The van der Waals surface area contributed by atoms with Crippen molar-refractivity contribution in [2.45, 2.75) is 52.1 Å². The van der Waals surface area contributed by atoms with Gasteiger partial charge in [-0.05, 0) is 56.0 Å². The van der Waals surface area contributed by atoms with Gasteiger partial charge in [-0.25, -0.2) is 0 Å². The van der Waals surface area contributed by atoms with Crippen LogP contribution in [0.1, 0.15) is 59.6 Å². The third kappa shape index (κ3) is 6.18. The Morgan fingerprint density at radius 3 is 2.54 bits per heavy atom. The summed E-state index contributed by atoms with van der Waals surface area (Å²) in [5.41, 5.74) is 8.10. The Morgan fingerprint density at radius 2 is 1.84 bits per heavy atom. The Hall–Kier alpha value is -4.11. The highest BCUT2D eigenvalue weighted by Gasteiger charge is 2.29. The number of nitrogens with one attached hydrogen (secondary N) is 1. The van der Waals surface area contributed by atoms with Crippen molar-refractivity contribution >= 4 is 5.91 Å². The topological polar surface area (TPSA) is 131 Å². The summed E-state index contributed by atoms with van der Waals surface area (Å²) in [6, 6.07) is 15.1. The van der Waals surface area contributed by atoms with Crippen molar-refractivity contribution in [2.75, 3.05) is 6.54 Å². The molecular formula is C28H32N6O3. The minimum atomic E-state index is -0.919. The molecule has 4 aromatic rings. The number of aromatic nitrogens is 4. The van der Waals surface area contributed by atoms with Crippen LogP contribution in [0.3, 0.4) is 0 Å². The predicted molar refractivity (Wildman–Crippen MR) is 141 cm³/mol. The summed E-state index contributed by atoms with van der Waals surface area (Å²) in [5, 5.41) is 8.28. The van der Waals surface area contributed by atoms with Gasteiger partial charge in [-0.2, -0.15) is 0 Å². The van der Waals surface area contributed by atoms with Crippen LogP contribution in [0, 0.1) is 6.92 Å². The zero-order valence-electron chi connectivity index (χ0n) is 21.4. The smallest absolute Gasteiger partial charge is 0.264 e. The number of hydrogen-bond acceptors (Lipinski definition) is 7. The van der Waals surface area contributed by atoms with E-state index in [0.29, 0.717) is 30.6 Å². The molecule has 1 atom stereocenters. The zero-order chi connectivity index (χ0) is 26.4. The van der Waals surface area contributed by atoms with Crippen molar-refractivity contribution in [2.24, 2.45) is 5.73 Å². The van der Waals surface area contributed by atoms with Crippen LogP contribution in [0.5, 0.6) is 0 Å². The van der Waals surface area contributed by atoms with Gasteiger partial charge in [-0.1, -0.05) is 43.7 Å². The number of carbonyl (C=O) groups excluding carboxylic acids is 1. The molecule has 3 N–H and O–H groups in total. The lowest BCUT2D eigenvalue weighted by Gasteiger charge is -2.23. The van der Waals surface area contributed by atoms with Gasteiger partial charge in [0.15, 0.2) is 0 Å². The number of amides is 1. The van der Waals surface area contributed by atoms with E-state index in [9.17, 15) is 9.59 Å². The van der Waals surface area contributed by atoms with Gasteiger partial charge in [0.25, 0.3) is 17.4 Å². The molecular weight excluding hydrogens is 468 g/mol. The first-order valence-electron chi connectivity index (χ1n) is 12.4. The summed E-state index contributed by atoms with van der Waals surface area (Å²) in [6.07, 6.45) is 5.67. The predicted octanol–water partition coefficient (Wildman–Crippen LogP) is 3.99. The Bertz CT molecular complexity index is 1400. The summed E-state index contributed by atoms with van der Waals surface area (Å²) in [5.74, 6) is 0.102. The van der Waals surface area contributed by atoms with Crippen molar-refractivity contribution < 1.29 is 9.21 Å². The fourth-order valence-corrected chi connectivity index (χ4v) is 4.10. The molecule has 0 bridgehead atoms. The fourth-order valence-electron chi connectivity index (χ4n) is 4.10. The van der Waals surface area contributed by atoms with Crippen molar-refractivity contribution in [1.29, 1.82) is 0 Å². The van der Waals surface area contributed by atoms with Crippen molar-refractivity contribution in [3.05, 3.63) is 99.4 Å². The maximum absolute atomic E-state index is 13.7. The summed E-state index contributed by atoms with van der Waals surface area (Å²) < 4.78 is 5.91. The molecule has 0 saturated carbocycles. The van der Waals surface area contributed by atoms with Crippen LogP contribution in [-0.2, 0) is 18.5 Å². The van der Waals surface area contributed by atoms with Gasteiger partial charge in [-0.15, -0.1) is 10.2 Å². The number of rotatable bonds is 10. The number of H-pyrrole nitrogens is 1. The fraction of sp³-hybridized carbons (Fsp3) is 0.321. The van der Waals surface area contributed by atoms with Crippen LogP contribution in [0.25, 0.3) is 11.6 Å². The van der Waals surface area contributed by atoms with Gasteiger partial charge in [-0.3, -0.25) is 14.6 Å². The minimum absolute atomic E-state index is 0.0973. The molecule has 9 nitrogen and oxygen atoms in total. The molecule has 0 aliphatic carbocycles. The highest BCUT2D eigenvalue weighted by molar-refractivity contribution is 5.96. The Balaban J connectivity index is 1.63. The van der Waals surface area contributed by atoms with Crippen molar-refractivity contribution in [1.82, 2.24) is 25.1 Å². The van der Waals surface area contributed by atoms with Crippen molar-refractivity contribution in [3.63, 3.8) is 0 Å². The van der Waals surface area contributed by atoms with Gasteiger partial charge in [0, 0.05) is 31.0 Å². The van der Waals surface area contributed by atoms with E-state index in [1.165, 1.54) is 0 Å². The number of carbonyl (C=O) groups is 1. The first-order valence-corrected chi connectivity index (χ1v) is 12.4. The second kappa shape index (κ2) is 11.3. The molecule has 4 rings (SSSR count). The van der Waals surface area contributed by atoms with Crippen LogP contribution in [0.15, 0.2) is 70.1 Å². The van der Waals surface area contributed by atoms with Crippen molar-refractivity contribution in [3.8, 4) is 11.6 Å². The van der Waals surface area contributed by atoms with Crippen LogP contribution >= 0.6 is 0 Å². The third-order valence-electron chi connectivity index (χ3n) is 6.26. The maximum Gasteiger partial charge on any atom is 0.264 e. The van der Waals surface area contributed by atoms with E-state index >= 15 is 0 Å². The molecule has 0 unspecified atom stereocenters. The largest absolute Gasteiger partial charge is 0.417 e. The number of benzene rings is 1. The zero-order valence-corrected chi connectivity index (χ0v) is 21.4. The van der Waals surface area contributed by atoms with Gasteiger partial charge < -0.3 is 20.0 Å². The second-order valence-electron chi connectivity index (χ2n) is 9.48. The molecule has 0 aliphatic heterocycles. The average molecular weight is 501 g/mol. The Kier molecular flexibility index (Phi) is 7.93. The molecule has 1 aromatic carbocycles. The summed E-state index contributed by atoms with van der Waals surface area (Å²) in [7, 11) is 0. The van der Waals surface area contributed by atoms with E-state index in [-0.39, 0.29) is 28.9 Å². The highest BCUT2D eigenvalue weighted by Crippen LogP contribution is 2.25. The molecule has 0 radical (unpaired) electrons. The highest BCUT2D eigenvalue weighted by atomic mass is 16.4. The summed E-state index contributed by atoms with van der Waals surface area (Å²) >= 11 is 0. The number of unbranched alkanes of at least 4 members (excludes halogenated alkanes) is 1. The number of pyridine rings is 2. The van der Waals surface area contributed by atoms with E-state index < -0.39 is 5.54 Å². The van der Waals surface area contributed by atoms with E-state index in [0.717, 1.165) is 24.0 Å². The molecule has 3 heterocycles. The standard InChI is InChI=1S/C28H32N6O3/c1-4-5-15-34(18-21-11-13-30-14-12-21)26(36)22-16-23(31-24(35)19(22)2)25-32-33-27(37-25)28(3,29)17-20-9-7-6-8-10-20/h6-14,16H,4-5,15,17-18,29H2,1-3H3,(H,31,35)/t28-/m1/s1. The Labute approximate surface area is 215 Å². The third-order valence-corrected chi connectivity index (χ3v) is 6.26. The molecule has 0 fully saturated rings. The van der Waals surface area contributed by atoms with Crippen LogP contribution in [-0.4, -0.2) is 37.5 Å². The quantitative estimate of drug-likeness (QED) is 0.337. The normalized spacial score (nSPS) is 12.8. The molecule has 3 aromatic heterocycles. The molecule has 0 spiro atoms. The SMILES string of the molecule is CCCCN(Cc1ccncc1)C(=O)c1cc(-c2nnc([C@](C)(N)Cc3ccccc3)o2)[nH]c(=O)c1C. The van der Waals surface area contributed by atoms with E-state index in [4.69, 9.17) is 10.2 Å². The number of aromatic amines is 1. The average Bonchev–Trinajstić information content (AvgIpc) is 3.40. The lowest BCUT2D eigenvalue weighted by atomic mass is 9.94. The number of nitrogens with two attached hydrogens (primary N) is 1. The van der Waals surface area contributed by atoms with Crippen LogP contribution in [0.4, 0.5) is 0 Å². The summed E-state index contributed by atoms with van der Waals surface area (Å²) in [4.78, 5) is 35.0. The first-order chi connectivity index (χ1) is 17.8. The lowest BCUT2D eigenvalue weighted by molar-refractivity contribution is 0.0739. The molecule has 9 heteroatoms. The van der Waals surface area contributed by atoms with Gasteiger partial charge in [0.2, 0.25) is 5.89 Å². The van der Waals surface area contributed by atoms with Crippen LogP contribution in [0.2, 0.25) is 0 Å². The van der Waals surface area contributed by atoms with Gasteiger partial charge in [0.05, 0.1) is 11.1 Å². The van der Waals surface area contributed by atoms with Gasteiger partial charge in [0.1, 0.15) is 5.69 Å². The number of nitrogens with zero attached hydrogens (tertiary/aromatic N) is 4. The van der Waals surface area contributed by atoms with Crippen LogP contribution < -0.4 is 11.3 Å².